The van der Waals surface area contributed by atoms with E-state index in [1.807, 2.05) is 4.72 Å². The van der Waals surface area contributed by atoms with E-state index >= 15 is 0 Å². The minimum Gasteiger partial charge on any atom is -0.480 e. The molecule has 0 bridgehead atoms. The number of ether oxygens (including phenoxy) is 1. The van der Waals surface area contributed by atoms with Gasteiger partial charge in [-0.3, -0.25) is 4.79 Å². The summed E-state index contributed by atoms with van der Waals surface area (Å²) in [6.45, 7) is 3.00. The predicted molar refractivity (Wildman–Crippen MR) is 68.8 cm³/mol. The first-order chi connectivity index (χ1) is 9.19. The van der Waals surface area contributed by atoms with Gasteiger partial charge < -0.3 is 14.4 Å². The molecule has 0 aliphatic carbocycles. The Morgan fingerprint density at radius 2 is 2.10 bits per heavy atom. The Kier molecular flexibility index (Phi) is 4.90. The van der Waals surface area contributed by atoms with E-state index in [0.717, 1.165) is 6.07 Å². The molecule has 2 N–H and O–H groups in total. The maximum absolute atomic E-state index is 12.0. The number of aliphatic carboxylic acids is 1. The lowest BCUT2D eigenvalue weighted by Crippen LogP contribution is -2.38. The van der Waals surface area contributed by atoms with E-state index in [2.05, 4.69) is 0 Å². The molecule has 0 fully saturated rings. The monoisotopic (exact) mass is 304 g/mol. The van der Waals surface area contributed by atoms with E-state index in [9.17, 15) is 18.0 Å². The number of sulfonamides is 1. The van der Waals surface area contributed by atoms with Crippen molar-refractivity contribution in [3.63, 3.8) is 0 Å². The highest BCUT2D eigenvalue weighted by Gasteiger charge is 2.25. The Morgan fingerprint density at radius 1 is 1.50 bits per heavy atom. The van der Waals surface area contributed by atoms with Crippen molar-refractivity contribution in [2.45, 2.75) is 24.8 Å². The molecule has 0 aliphatic rings. The van der Waals surface area contributed by atoms with Gasteiger partial charge in [0.05, 0.1) is 6.61 Å². The second-order valence-corrected chi connectivity index (χ2v) is 5.79. The number of carbonyl (C=O) groups is 2. The number of aromatic nitrogens is 1. The standard InChI is InChI=1S/C11H16N2O6S/c1-4-19-11(16)9-5-8(6-13(9)3)20(17,18)12-7(2)10(14)15/h5-7,12H,4H2,1-3H3,(H,14,15)/t7-/m1/s1. The normalized spacial score (nSPS) is 12.9. The van der Waals surface area contributed by atoms with Gasteiger partial charge in [-0.15, -0.1) is 0 Å². The lowest BCUT2D eigenvalue weighted by atomic mass is 10.4. The molecular weight excluding hydrogens is 288 g/mol. The Labute approximate surface area is 116 Å². The van der Waals surface area contributed by atoms with E-state index in [1.165, 1.54) is 24.7 Å². The van der Waals surface area contributed by atoms with Crippen LogP contribution >= 0.6 is 0 Å². The molecule has 8 nitrogen and oxygen atoms in total. The fraction of sp³-hybridized carbons (Fsp3) is 0.455. The number of aryl methyl sites for hydroxylation is 1. The highest BCUT2D eigenvalue weighted by molar-refractivity contribution is 7.89. The third-order valence-corrected chi connectivity index (χ3v) is 3.98. The van der Waals surface area contributed by atoms with Crippen LogP contribution in [-0.2, 0) is 26.6 Å². The minimum absolute atomic E-state index is 0.0650. The molecule has 112 valence electrons. The van der Waals surface area contributed by atoms with Crippen LogP contribution in [-0.4, -0.2) is 42.7 Å². The van der Waals surface area contributed by atoms with Crippen molar-refractivity contribution in [1.29, 1.82) is 0 Å². The number of esters is 1. The third-order valence-electron chi connectivity index (χ3n) is 2.48. The average Bonchev–Trinajstić information content (AvgIpc) is 2.71. The van der Waals surface area contributed by atoms with Gasteiger partial charge in [0, 0.05) is 13.2 Å². The SMILES string of the molecule is CCOC(=O)c1cc(S(=O)(=O)N[C@H](C)C(=O)O)cn1C. The van der Waals surface area contributed by atoms with Crippen LogP contribution in [0.5, 0.6) is 0 Å². The van der Waals surface area contributed by atoms with Crippen molar-refractivity contribution < 1.29 is 27.9 Å². The van der Waals surface area contributed by atoms with Crippen molar-refractivity contribution in [1.82, 2.24) is 9.29 Å². The van der Waals surface area contributed by atoms with Crippen LogP contribution in [0.3, 0.4) is 0 Å². The van der Waals surface area contributed by atoms with Crippen LogP contribution in [0.4, 0.5) is 0 Å². The highest BCUT2D eigenvalue weighted by atomic mass is 32.2. The average molecular weight is 304 g/mol. The molecule has 1 aromatic heterocycles. The summed E-state index contributed by atoms with van der Waals surface area (Å²) in [7, 11) is -2.52. The summed E-state index contributed by atoms with van der Waals surface area (Å²) < 4.78 is 32.0. The molecule has 9 heteroatoms. The number of rotatable bonds is 6. The van der Waals surface area contributed by atoms with Gasteiger partial charge in [0.15, 0.2) is 0 Å². The van der Waals surface area contributed by atoms with Crippen molar-refractivity contribution in [3.8, 4) is 0 Å². The molecular formula is C11H16N2O6S. The van der Waals surface area contributed by atoms with E-state index in [-0.39, 0.29) is 17.2 Å². The Morgan fingerprint density at radius 3 is 2.60 bits per heavy atom. The number of carbonyl (C=O) groups excluding carboxylic acids is 1. The maximum Gasteiger partial charge on any atom is 0.354 e. The van der Waals surface area contributed by atoms with E-state index in [1.54, 1.807) is 6.92 Å². The van der Waals surface area contributed by atoms with Crippen LogP contribution in [0.1, 0.15) is 24.3 Å². The first-order valence-corrected chi connectivity index (χ1v) is 7.26. The molecule has 0 unspecified atom stereocenters. The zero-order valence-electron chi connectivity index (χ0n) is 11.3. The van der Waals surface area contributed by atoms with E-state index in [4.69, 9.17) is 9.84 Å². The van der Waals surface area contributed by atoms with Gasteiger partial charge in [0.2, 0.25) is 10.0 Å². The smallest absolute Gasteiger partial charge is 0.354 e. The van der Waals surface area contributed by atoms with Crippen LogP contribution < -0.4 is 4.72 Å². The fourth-order valence-electron chi connectivity index (χ4n) is 1.44. The van der Waals surface area contributed by atoms with Gasteiger partial charge in [0.1, 0.15) is 16.6 Å². The Hall–Kier alpha value is -1.87. The van der Waals surface area contributed by atoms with Gasteiger partial charge in [-0.25, -0.2) is 13.2 Å². The minimum atomic E-state index is -4.01. The van der Waals surface area contributed by atoms with Crippen molar-refractivity contribution in [2.24, 2.45) is 7.05 Å². The molecule has 0 saturated heterocycles. The quantitative estimate of drug-likeness (QED) is 0.712. The van der Waals surface area contributed by atoms with Gasteiger partial charge >= 0.3 is 11.9 Å². The van der Waals surface area contributed by atoms with Crippen molar-refractivity contribution in [2.75, 3.05) is 6.61 Å². The highest BCUT2D eigenvalue weighted by Crippen LogP contribution is 2.14. The number of nitrogens with zero attached hydrogens (tertiary/aromatic N) is 1. The van der Waals surface area contributed by atoms with E-state index < -0.39 is 28.0 Å². The number of nitrogens with one attached hydrogen (secondary N) is 1. The first-order valence-electron chi connectivity index (χ1n) is 5.77. The molecule has 0 saturated carbocycles. The second kappa shape index (κ2) is 6.06. The van der Waals surface area contributed by atoms with Gasteiger partial charge in [-0.1, -0.05) is 0 Å². The molecule has 1 aromatic rings. The van der Waals surface area contributed by atoms with Crippen LogP contribution in [0.25, 0.3) is 0 Å². The third kappa shape index (κ3) is 3.58. The summed E-state index contributed by atoms with van der Waals surface area (Å²) in [5.41, 5.74) is 0.0650. The number of hydrogen-bond acceptors (Lipinski definition) is 5. The van der Waals surface area contributed by atoms with Crippen molar-refractivity contribution >= 4 is 22.0 Å². The summed E-state index contributed by atoms with van der Waals surface area (Å²) >= 11 is 0. The number of carboxylic acid groups (broad SMARTS) is 1. The second-order valence-electron chi connectivity index (χ2n) is 4.07. The summed E-state index contributed by atoms with van der Waals surface area (Å²) in [5.74, 6) is -1.95. The molecule has 20 heavy (non-hydrogen) atoms. The Bertz CT molecular complexity index is 619. The lowest BCUT2D eigenvalue weighted by molar-refractivity contribution is -0.138. The summed E-state index contributed by atoms with van der Waals surface area (Å²) in [4.78, 5) is 22.1. The first kappa shape index (κ1) is 16.2. The van der Waals surface area contributed by atoms with Gasteiger partial charge in [-0.2, -0.15) is 4.72 Å². The largest absolute Gasteiger partial charge is 0.480 e. The summed E-state index contributed by atoms with van der Waals surface area (Å²) in [6, 6.07) is -0.138. The van der Waals surface area contributed by atoms with Gasteiger partial charge in [-0.05, 0) is 19.9 Å². The molecule has 0 aromatic carbocycles. The maximum atomic E-state index is 12.0. The number of hydrogen-bond donors (Lipinski definition) is 2. The molecule has 1 rings (SSSR count). The van der Waals surface area contributed by atoms with Crippen LogP contribution in [0.2, 0.25) is 0 Å². The van der Waals surface area contributed by atoms with Crippen LogP contribution in [0, 0.1) is 0 Å². The topological polar surface area (TPSA) is 115 Å². The summed E-state index contributed by atoms with van der Waals surface area (Å²) in [6.07, 6.45) is 1.21. The molecule has 0 amide bonds. The molecule has 1 atom stereocenters. The zero-order chi connectivity index (χ0) is 15.5. The predicted octanol–water partition coefficient (Wildman–Crippen LogP) is -0.0468. The molecule has 0 spiro atoms. The molecule has 1 heterocycles. The van der Waals surface area contributed by atoms with Crippen molar-refractivity contribution in [3.05, 3.63) is 18.0 Å². The molecule has 0 aliphatic heterocycles. The zero-order valence-corrected chi connectivity index (χ0v) is 12.1. The van der Waals surface area contributed by atoms with Crippen LogP contribution in [0.15, 0.2) is 17.2 Å². The fourth-order valence-corrected chi connectivity index (χ4v) is 2.71. The van der Waals surface area contributed by atoms with E-state index in [0.29, 0.717) is 0 Å². The lowest BCUT2D eigenvalue weighted by Gasteiger charge is -2.08. The Balaban J connectivity index is 3.06. The summed E-state index contributed by atoms with van der Waals surface area (Å²) in [5, 5.41) is 8.70. The van der Waals surface area contributed by atoms with Gasteiger partial charge in [0.25, 0.3) is 0 Å². The number of carboxylic acids is 1. The molecule has 0 radical (unpaired) electrons.